The average Bonchev–Trinajstić information content (AvgIpc) is 3.75. The zero-order valence-electron chi connectivity index (χ0n) is 20.9. The molecule has 8 rings (SSSR count). The van der Waals surface area contributed by atoms with Crippen molar-refractivity contribution in [3.8, 4) is 33.2 Å². The van der Waals surface area contributed by atoms with Gasteiger partial charge >= 0.3 is 21.1 Å². The van der Waals surface area contributed by atoms with Gasteiger partial charge in [0.05, 0.1) is 5.52 Å². The fourth-order valence-electron chi connectivity index (χ4n) is 5.19. The van der Waals surface area contributed by atoms with Gasteiger partial charge in [0.25, 0.3) is 0 Å². The van der Waals surface area contributed by atoms with Crippen molar-refractivity contribution in [3.63, 3.8) is 0 Å². The Morgan fingerprint density at radius 2 is 1.62 bits per heavy atom. The molecule has 0 bridgehead atoms. The molecule has 40 heavy (non-hydrogen) atoms. The quantitative estimate of drug-likeness (QED) is 0.175. The summed E-state index contributed by atoms with van der Waals surface area (Å²) >= 11 is 1.68. The Labute approximate surface area is 248 Å². The number of hydrogen-bond donors (Lipinski definition) is 0. The molecule has 0 saturated carbocycles. The number of nitrogens with zero attached hydrogens (tertiary/aromatic N) is 5. The summed E-state index contributed by atoms with van der Waals surface area (Å²) in [6.45, 7) is 0. The van der Waals surface area contributed by atoms with Gasteiger partial charge in [0.2, 0.25) is 0 Å². The van der Waals surface area contributed by atoms with Gasteiger partial charge < -0.3 is 9.55 Å². The molecule has 7 heteroatoms. The molecule has 5 nitrogen and oxygen atoms in total. The Morgan fingerprint density at radius 1 is 0.750 bits per heavy atom. The summed E-state index contributed by atoms with van der Waals surface area (Å²) in [5.74, 6) is 0. The number of thiazole rings is 1. The van der Waals surface area contributed by atoms with Gasteiger partial charge in [-0.2, -0.15) is 16.4 Å². The van der Waals surface area contributed by atoms with Gasteiger partial charge in [-0.1, -0.05) is 42.5 Å². The first kappa shape index (κ1) is 24.6. The van der Waals surface area contributed by atoms with Crippen molar-refractivity contribution in [2.45, 2.75) is 0 Å². The van der Waals surface area contributed by atoms with Crippen LogP contribution in [-0.4, -0.2) is 24.3 Å². The molecule has 0 unspecified atom stereocenters. The van der Waals surface area contributed by atoms with Crippen molar-refractivity contribution in [3.05, 3.63) is 128 Å². The van der Waals surface area contributed by atoms with Crippen LogP contribution in [0.3, 0.4) is 0 Å². The van der Waals surface area contributed by atoms with E-state index in [4.69, 9.17) is 4.98 Å². The molecular formula is C33H19N5PtS. The second kappa shape index (κ2) is 9.98. The fraction of sp³-hybridized carbons (Fsp3) is 0. The summed E-state index contributed by atoms with van der Waals surface area (Å²) in [6.07, 6.45) is 5.60. The standard InChI is InChI=1S/C33H19N5S.Pt/c1-3-14-28-25(11-1)32-29(37-18-8-17-35-37)20-23(33-36-27-13-2-4-15-31(27)39-33)21-30(32)38(28)24-10-7-9-22(19-24)26-12-5-6-16-34-26;/h1-18,20H;/q-2;+2. The molecule has 0 amide bonds. The van der Waals surface area contributed by atoms with Crippen LogP contribution in [0.25, 0.3) is 65.2 Å². The molecule has 0 aliphatic carbocycles. The summed E-state index contributed by atoms with van der Waals surface area (Å²) in [4.78, 5) is 9.51. The van der Waals surface area contributed by atoms with Crippen molar-refractivity contribution in [1.29, 1.82) is 0 Å². The van der Waals surface area contributed by atoms with Gasteiger partial charge in [0.15, 0.2) is 0 Å². The van der Waals surface area contributed by atoms with E-state index in [1.165, 1.54) is 0 Å². The number of para-hydroxylation sites is 2. The third kappa shape index (κ3) is 4.00. The minimum absolute atomic E-state index is 0. The molecule has 4 aromatic heterocycles. The van der Waals surface area contributed by atoms with Crippen molar-refractivity contribution < 1.29 is 21.1 Å². The molecule has 192 valence electrons. The first-order valence-corrected chi connectivity index (χ1v) is 13.4. The van der Waals surface area contributed by atoms with Crippen LogP contribution >= 0.6 is 11.3 Å². The van der Waals surface area contributed by atoms with Crippen LogP contribution < -0.4 is 0 Å². The van der Waals surface area contributed by atoms with Gasteiger partial charge in [-0.05, 0) is 63.7 Å². The molecule has 0 saturated heterocycles. The van der Waals surface area contributed by atoms with Gasteiger partial charge in [-0.25, -0.2) is 0 Å². The van der Waals surface area contributed by atoms with Crippen LogP contribution in [0.1, 0.15) is 0 Å². The van der Waals surface area contributed by atoms with E-state index in [1.807, 2.05) is 59.7 Å². The van der Waals surface area contributed by atoms with Gasteiger partial charge in [0, 0.05) is 33.8 Å². The molecule has 8 aromatic rings. The Morgan fingerprint density at radius 3 is 2.48 bits per heavy atom. The normalized spacial score (nSPS) is 11.3. The molecule has 4 aromatic carbocycles. The van der Waals surface area contributed by atoms with Crippen LogP contribution in [0.15, 0.2) is 116 Å². The van der Waals surface area contributed by atoms with Crippen LogP contribution in [0, 0.1) is 12.1 Å². The maximum Gasteiger partial charge on any atom is 2.00 e. The summed E-state index contributed by atoms with van der Waals surface area (Å²) in [5.41, 5.74) is 7.68. The number of fused-ring (bicyclic) bond motifs is 4. The first-order valence-electron chi connectivity index (χ1n) is 12.6. The SMILES string of the molecule is [Pt+2].[c-]1c(-c2ccccn2)cccc1-n1c2[c-]c(-c3nc4ccccc4s3)cc(-n3cccn3)c2c2ccccc21. The zero-order valence-corrected chi connectivity index (χ0v) is 24.0. The number of hydrogen-bond acceptors (Lipinski definition) is 4. The maximum absolute atomic E-state index is 4.95. The number of benzene rings is 4. The Kier molecular flexibility index (Phi) is 6.15. The zero-order chi connectivity index (χ0) is 25.8. The van der Waals surface area contributed by atoms with E-state index >= 15 is 0 Å². The molecule has 4 heterocycles. The molecule has 0 aliphatic heterocycles. The monoisotopic (exact) mass is 712 g/mol. The van der Waals surface area contributed by atoms with E-state index in [0.29, 0.717) is 0 Å². The second-order valence-corrected chi connectivity index (χ2v) is 10.3. The molecule has 0 spiro atoms. The smallest absolute Gasteiger partial charge is 0.346 e. The van der Waals surface area contributed by atoms with Crippen LogP contribution in [0.5, 0.6) is 0 Å². The van der Waals surface area contributed by atoms with E-state index in [2.05, 4.69) is 87.4 Å². The number of rotatable bonds is 4. The van der Waals surface area contributed by atoms with Gasteiger partial charge in [-0.3, -0.25) is 9.67 Å². The molecule has 0 atom stereocenters. The minimum Gasteiger partial charge on any atom is -0.346 e. The third-order valence-corrected chi connectivity index (χ3v) is 7.97. The van der Waals surface area contributed by atoms with Gasteiger partial charge in [0.1, 0.15) is 0 Å². The van der Waals surface area contributed by atoms with E-state index in [-0.39, 0.29) is 21.1 Å². The van der Waals surface area contributed by atoms with Crippen molar-refractivity contribution in [1.82, 2.24) is 24.3 Å². The van der Waals surface area contributed by atoms with E-state index in [1.54, 1.807) is 11.3 Å². The van der Waals surface area contributed by atoms with Crippen molar-refractivity contribution >= 4 is 43.4 Å². The third-order valence-electron chi connectivity index (χ3n) is 6.90. The van der Waals surface area contributed by atoms with E-state index < -0.39 is 0 Å². The maximum atomic E-state index is 4.95. The summed E-state index contributed by atoms with van der Waals surface area (Å²) in [7, 11) is 0. The summed E-state index contributed by atoms with van der Waals surface area (Å²) < 4.78 is 5.32. The number of aromatic nitrogens is 5. The van der Waals surface area contributed by atoms with Crippen LogP contribution in [0.2, 0.25) is 0 Å². The predicted octanol–water partition coefficient (Wildman–Crippen LogP) is 7.91. The summed E-state index contributed by atoms with van der Waals surface area (Å²) in [6, 6.07) is 40.3. The fourth-order valence-corrected chi connectivity index (χ4v) is 6.13. The largest absolute Gasteiger partial charge is 2.00 e. The van der Waals surface area contributed by atoms with Crippen molar-refractivity contribution in [2.75, 3.05) is 0 Å². The molecule has 0 aliphatic rings. The summed E-state index contributed by atoms with van der Waals surface area (Å²) in [5, 5.41) is 7.75. The topological polar surface area (TPSA) is 48.5 Å². The first-order chi connectivity index (χ1) is 19.3. The second-order valence-electron chi connectivity index (χ2n) is 9.25. The van der Waals surface area contributed by atoms with Crippen LogP contribution in [0.4, 0.5) is 0 Å². The van der Waals surface area contributed by atoms with E-state index in [0.717, 1.165) is 65.2 Å². The van der Waals surface area contributed by atoms with Crippen LogP contribution in [-0.2, 0) is 21.1 Å². The Hall–Kier alpha value is -4.38. The Balaban J connectivity index is 0.00000264. The molecular weight excluding hydrogens is 694 g/mol. The molecule has 0 radical (unpaired) electrons. The van der Waals surface area contributed by atoms with Gasteiger partial charge in [-0.15, -0.1) is 47.5 Å². The molecule has 0 N–H and O–H groups in total. The molecule has 0 fully saturated rings. The van der Waals surface area contributed by atoms with Crippen molar-refractivity contribution in [2.24, 2.45) is 0 Å². The minimum atomic E-state index is 0. The number of pyridine rings is 1. The Bertz CT molecular complexity index is 2090. The predicted molar refractivity (Wildman–Crippen MR) is 157 cm³/mol. The van der Waals surface area contributed by atoms with E-state index in [9.17, 15) is 0 Å². The average molecular weight is 713 g/mol.